The van der Waals surface area contributed by atoms with E-state index in [0.29, 0.717) is 10.6 Å². The molecule has 0 saturated heterocycles. The number of aromatic nitrogens is 1. The zero-order valence-electron chi connectivity index (χ0n) is 15.1. The van der Waals surface area contributed by atoms with E-state index in [0.717, 1.165) is 10.2 Å². The highest BCUT2D eigenvalue weighted by molar-refractivity contribution is 7.90. The molecule has 0 fully saturated rings. The van der Waals surface area contributed by atoms with E-state index in [-0.39, 0.29) is 10.6 Å². The van der Waals surface area contributed by atoms with E-state index >= 15 is 0 Å². The summed E-state index contributed by atoms with van der Waals surface area (Å²) in [6.07, 6.45) is 0. The van der Waals surface area contributed by atoms with Crippen molar-refractivity contribution in [3.05, 3.63) is 95.5 Å². The van der Waals surface area contributed by atoms with Crippen molar-refractivity contribution in [2.45, 2.75) is 10.8 Å². The van der Waals surface area contributed by atoms with Gasteiger partial charge in [-0.1, -0.05) is 60.7 Å². The minimum absolute atomic E-state index is 0.0782. The summed E-state index contributed by atoms with van der Waals surface area (Å²) in [6.45, 7) is 0. The van der Waals surface area contributed by atoms with Crippen molar-refractivity contribution in [2.24, 2.45) is 4.40 Å². The van der Waals surface area contributed by atoms with E-state index in [2.05, 4.69) is 15.5 Å². The molecule has 1 heterocycles. The second-order valence-corrected chi connectivity index (χ2v) is 8.88. The number of benzene rings is 3. The Kier molecular flexibility index (Phi) is 5.21. The average molecular weight is 418 g/mol. The fraction of sp³-hybridized carbons (Fsp3) is 0.0455. The first-order valence-corrected chi connectivity index (χ1v) is 11.0. The summed E-state index contributed by atoms with van der Waals surface area (Å²) in [5, 5.41) is 10.5. The lowest BCUT2D eigenvalue weighted by Crippen LogP contribution is -2.15. The molecule has 29 heavy (non-hydrogen) atoms. The van der Waals surface area contributed by atoms with Gasteiger partial charge in [-0.2, -0.15) is 18.1 Å². The van der Waals surface area contributed by atoms with Gasteiger partial charge in [-0.05, 0) is 29.8 Å². The Morgan fingerprint density at radius 1 is 0.931 bits per heavy atom. The number of fused-ring (bicyclic) bond motifs is 1. The van der Waals surface area contributed by atoms with Crippen LogP contribution in [0.15, 0.2) is 94.2 Å². The summed E-state index contributed by atoms with van der Waals surface area (Å²) in [7, 11) is -3.99. The summed E-state index contributed by atoms with van der Waals surface area (Å²) in [4.78, 5) is 4.63. The summed E-state index contributed by atoms with van der Waals surface area (Å²) in [6, 6.07) is 26.6. The van der Waals surface area contributed by atoms with E-state index in [1.165, 1.54) is 23.5 Å². The van der Waals surface area contributed by atoms with Crippen LogP contribution in [0, 0.1) is 11.3 Å². The van der Waals surface area contributed by atoms with Crippen LogP contribution >= 0.6 is 11.3 Å². The number of para-hydroxylation sites is 1. The van der Waals surface area contributed by atoms with Crippen LogP contribution in [-0.2, 0) is 10.0 Å². The normalized spacial score (nSPS) is 13.1. The van der Waals surface area contributed by atoms with Gasteiger partial charge < -0.3 is 0 Å². The summed E-state index contributed by atoms with van der Waals surface area (Å²) >= 11 is 1.37. The van der Waals surface area contributed by atoms with Crippen LogP contribution in [0.3, 0.4) is 0 Å². The van der Waals surface area contributed by atoms with Crippen molar-refractivity contribution in [3.8, 4) is 6.07 Å². The number of sulfonamides is 1. The molecule has 0 saturated carbocycles. The van der Waals surface area contributed by atoms with Crippen LogP contribution < -0.4 is 0 Å². The third-order valence-electron chi connectivity index (χ3n) is 4.29. The van der Waals surface area contributed by atoms with Gasteiger partial charge in [0.25, 0.3) is 10.0 Å². The molecule has 0 aliphatic rings. The van der Waals surface area contributed by atoms with Gasteiger partial charge in [-0.25, -0.2) is 4.98 Å². The van der Waals surface area contributed by atoms with Crippen LogP contribution in [0.1, 0.15) is 16.5 Å². The van der Waals surface area contributed by atoms with Crippen molar-refractivity contribution < 1.29 is 8.42 Å². The Labute approximate surface area is 172 Å². The highest BCUT2D eigenvalue weighted by Gasteiger charge is 2.26. The van der Waals surface area contributed by atoms with Crippen molar-refractivity contribution in [2.75, 3.05) is 0 Å². The van der Waals surface area contributed by atoms with Crippen LogP contribution in [-0.4, -0.2) is 19.1 Å². The number of thiazole rings is 1. The molecule has 0 aliphatic carbocycles. The smallest absolute Gasteiger partial charge is 0.239 e. The molecule has 0 spiro atoms. The number of rotatable bonds is 5. The first kappa shape index (κ1) is 19.0. The minimum Gasteiger partial charge on any atom is -0.239 e. The molecule has 3 aromatic carbocycles. The van der Waals surface area contributed by atoms with Gasteiger partial charge in [0.05, 0.1) is 26.9 Å². The van der Waals surface area contributed by atoms with Crippen molar-refractivity contribution >= 4 is 37.3 Å². The van der Waals surface area contributed by atoms with E-state index in [9.17, 15) is 13.7 Å². The molecule has 1 unspecified atom stereocenters. The molecule has 0 aliphatic heterocycles. The molecule has 0 radical (unpaired) electrons. The molecular formula is C22H15N3O2S2. The monoisotopic (exact) mass is 417 g/mol. The predicted molar refractivity (Wildman–Crippen MR) is 115 cm³/mol. The largest absolute Gasteiger partial charge is 0.282 e. The number of nitriles is 1. The standard InChI is InChI=1S/C22H15N3O2S2/c23-15-18(22-24-19-13-7-8-14-20(19)28-22)21(16-9-3-1-4-10-16)25-29(26,27)17-11-5-2-6-12-17/h1-14,18H. The van der Waals surface area contributed by atoms with Crippen molar-refractivity contribution in [1.82, 2.24) is 4.98 Å². The molecule has 4 aromatic rings. The van der Waals surface area contributed by atoms with Gasteiger partial charge in [0.1, 0.15) is 10.9 Å². The van der Waals surface area contributed by atoms with E-state index in [1.54, 1.807) is 42.5 Å². The lowest BCUT2D eigenvalue weighted by Gasteiger charge is -2.11. The molecular weight excluding hydrogens is 402 g/mol. The molecule has 0 amide bonds. The number of hydrogen-bond acceptors (Lipinski definition) is 5. The maximum atomic E-state index is 12.9. The number of hydrogen-bond donors (Lipinski definition) is 0. The third kappa shape index (κ3) is 3.94. The van der Waals surface area contributed by atoms with Gasteiger partial charge >= 0.3 is 0 Å². The van der Waals surface area contributed by atoms with Crippen LogP contribution in [0.4, 0.5) is 0 Å². The number of nitrogens with zero attached hydrogens (tertiary/aromatic N) is 3. The summed E-state index contributed by atoms with van der Waals surface area (Å²) < 4.78 is 30.9. The highest BCUT2D eigenvalue weighted by atomic mass is 32.2. The predicted octanol–water partition coefficient (Wildman–Crippen LogP) is 4.78. The summed E-state index contributed by atoms with van der Waals surface area (Å²) in [5.41, 5.74) is 1.50. The fourth-order valence-corrected chi connectivity index (χ4v) is 5.00. The second kappa shape index (κ2) is 7.95. The maximum Gasteiger partial charge on any atom is 0.282 e. The van der Waals surface area contributed by atoms with E-state index in [4.69, 9.17) is 0 Å². The SMILES string of the molecule is N#CC(C(=NS(=O)(=O)c1ccccc1)c1ccccc1)c1nc2ccccc2s1. The molecule has 4 rings (SSSR count). The molecule has 1 atom stereocenters. The first-order chi connectivity index (χ1) is 14.1. The fourth-order valence-electron chi connectivity index (χ4n) is 2.90. The second-order valence-electron chi connectivity index (χ2n) is 6.21. The molecule has 1 aromatic heterocycles. The maximum absolute atomic E-state index is 12.9. The van der Waals surface area contributed by atoms with Crippen LogP contribution in [0.5, 0.6) is 0 Å². The van der Waals surface area contributed by atoms with Gasteiger partial charge in [-0.3, -0.25) is 0 Å². The minimum atomic E-state index is -3.99. The first-order valence-electron chi connectivity index (χ1n) is 8.79. The lowest BCUT2D eigenvalue weighted by atomic mass is 9.98. The van der Waals surface area contributed by atoms with Gasteiger partial charge in [0, 0.05) is 0 Å². The van der Waals surface area contributed by atoms with Gasteiger partial charge in [0.2, 0.25) is 0 Å². The zero-order valence-corrected chi connectivity index (χ0v) is 16.8. The Balaban J connectivity index is 1.89. The van der Waals surface area contributed by atoms with Crippen LogP contribution in [0.2, 0.25) is 0 Å². The molecule has 142 valence electrons. The van der Waals surface area contributed by atoms with Crippen molar-refractivity contribution in [3.63, 3.8) is 0 Å². The third-order valence-corrected chi connectivity index (χ3v) is 6.70. The molecule has 0 N–H and O–H groups in total. The lowest BCUT2D eigenvalue weighted by molar-refractivity contribution is 0.598. The quantitative estimate of drug-likeness (QED) is 0.438. The van der Waals surface area contributed by atoms with Gasteiger partial charge in [-0.15, -0.1) is 11.3 Å². The molecule has 5 nitrogen and oxygen atoms in total. The average Bonchev–Trinajstić information content (AvgIpc) is 3.18. The highest BCUT2D eigenvalue weighted by Crippen LogP contribution is 2.30. The van der Waals surface area contributed by atoms with Crippen molar-refractivity contribution in [1.29, 1.82) is 5.26 Å². The van der Waals surface area contributed by atoms with E-state index < -0.39 is 15.9 Å². The Morgan fingerprint density at radius 3 is 2.21 bits per heavy atom. The van der Waals surface area contributed by atoms with Gasteiger partial charge in [0.15, 0.2) is 0 Å². The van der Waals surface area contributed by atoms with Crippen LogP contribution in [0.25, 0.3) is 10.2 Å². The summed E-state index contributed by atoms with van der Waals surface area (Å²) in [5.74, 6) is -0.909. The topological polar surface area (TPSA) is 83.2 Å². The molecule has 7 heteroatoms. The Hall–Kier alpha value is -3.34. The molecule has 0 bridgehead atoms. The van der Waals surface area contributed by atoms with E-state index in [1.807, 2.05) is 30.3 Å². The Bertz CT molecular complexity index is 1290. The zero-order chi connectivity index (χ0) is 20.3. The Morgan fingerprint density at radius 2 is 1.55 bits per heavy atom.